The molecule has 2 rings (SSSR count). The van der Waals surface area contributed by atoms with Gasteiger partial charge in [0.1, 0.15) is 0 Å². The lowest BCUT2D eigenvalue weighted by molar-refractivity contribution is -0.384. The largest absolute Gasteiger partial charge is 0.371 e. The van der Waals surface area contributed by atoms with Crippen LogP contribution in [0.15, 0.2) is 18.2 Å². The molecule has 1 aromatic rings. The summed E-state index contributed by atoms with van der Waals surface area (Å²) in [6, 6.07) is 4.93. The van der Waals surface area contributed by atoms with E-state index in [1.54, 1.807) is 6.07 Å². The maximum atomic E-state index is 11.2. The van der Waals surface area contributed by atoms with Gasteiger partial charge in [-0.15, -0.1) is 0 Å². The van der Waals surface area contributed by atoms with E-state index in [9.17, 15) is 14.9 Å². The van der Waals surface area contributed by atoms with Crippen molar-refractivity contribution >= 4 is 17.7 Å². The summed E-state index contributed by atoms with van der Waals surface area (Å²) < 4.78 is 0. The van der Waals surface area contributed by atoms with Crippen molar-refractivity contribution in [1.82, 2.24) is 0 Å². The Morgan fingerprint density at radius 1 is 1.25 bits per heavy atom. The van der Waals surface area contributed by atoms with E-state index in [-0.39, 0.29) is 5.69 Å². The zero-order chi connectivity index (χ0) is 14.5. The van der Waals surface area contributed by atoms with Crippen molar-refractivity contribution in [2.24, 2.45) is 0 Å². The number of carbonyl (C=O) groups is 1. The summed E-state index contributed by atoms with van der Waals surface area (Å²) in [5, 5.41) is 10.8. The fourth-order valence-electron chi connectivity index (χ4n) is 2.91. The third-order valence-electron chi connectivity index (χ3n) is 4.10. The molecular formula is C15H20N2O3. The monoisotopic (exact) mass is 276 g/mol. The Hall–Kier alpha value is -1.91. The fraction of sp³-hybridized carbons (Fsp3) is 0.533. The van der Waals surface area contributed by atoms with Crippen LogP contribution in [-0.4, -0.2) is 24.3 Å². The maximum Gasteiger partial charge on any atom is 0.270 e. The summed E-state index contributed by atoms with van der Waals surface area (Å²) in [4.78, 5) is 23.6. The predicted molar refractivity (Wildman–Crippen MR) is 78.4 cm³/mol. The van der Waals surface area contributed by atoms with Crippen LogP contribution in [0.5, 0.6) is 0 Å². The number of nitro groups is 1. The van der Waals surface area contributed by atoms with Gasteiger partial charge in [-0.1, -0.05) is 25.7 Å². The van der Waals surface area contributed by atoms with Gasteiger partial charge in [0.2, 0.25) is 0 Å². The Kier molecular flexibility index (Phi) is 4.71. The standard InChI is InChI=1S/C15H20N2O3/c1-16(13-6-4-2-3-5-7-13)15-9-8-14(17(19)20)10-12(15)11-18/h8-11,13H,2-7H2,1H3. The van der Waals surface area contributed by atoms with Gasteiger partial charge in [-0.2, -0.15) is 0 Å². The highest BCUT2D eigenvalue weighted by molar-refractivity contribution is 5.86. The molecule has 108 valence electrons. The van der Waals surface area contributed by atoms with Gasteiger partial charge in [-0.3, -0.25) is 14.9 Å². The fourth-order valence-corrected chi connectivity index (χ4v) is 2.91. The molecule has 0 saturated heterocycles. The molecule has 0 spiro atoms. The Labute approximate surface area is 118 Å². The van der Waals surface area contributed by atoms with Gasteiger partial charge in [0.25, 0.3) is 5.69 Å². The average molecular weight is 276 g/mol. The third kappa shape index (κ3) is 3.15. The van der Waals surface area contributed by atoms with Crippen LogP contribution >= 0.6 is 0 Å². The highest BCUT2D eigenvalue weighted by Crippen LogP contribution is 2.29. The quantitative estimate of drug-likeness (QED) is 0.365. The number of hydrogen-bond acceptors (Lipinski definition) is 4. The zero-order valence-electron chi connectivity index (χ0n) is 11.7. The third-order valence-corrected chi connectivity index (χ3v) is 4.10. The zero-order valence-corrected chi connectivity index (χ0v) is 11.7. The van der Waals surface area contributed by atoms with Gasteiger partial charge in [0, 0.05) is 36.5 Å². The normalized spacial score (nSPS) is 16.4. The second-order valence-corrected chi connectivity index (χ2v) is 5.37. The number of rotatable bonds is 4. The second kappa shape index (κ2) is 6.50. The van der Waals surface area contributed by atoms with Crippen LogP contribution in [0, 0.1) is 10.1 Å². The van der Waals surface area contributed by atoms with Crippen LogP contribution in [0.1, 0.15) is 48.9 Å². The van der Waals surface area contributed by atoms with Crippen molar-refractivity contribution in [3.8, 4) is 0 Å². The summed E-state index contributed by atoms with van der Waals surface area (Å²) in [7, 11) is 1.98. The molecule has 0 bridgehead atoms. The van der Waals surface area contributed by atoms with Gasteiger partial charge in [-0.05, 0) is 18.9 Å². The molecule has 0 amide bonds. The van der Waals surface area contributed by atoms with Gasteiger partial charge < -0.3 is 4.90 Å². The first-order chi connectivity index (χ1) is 9.63. The molecular weight excluding hydrogens is 256 g/mol. The lowest BCUT2D eigenvalue weighted by atomic mass is 10.0. The van der Waals surface area contributed by atoms with Crippen LogP contribution < -0.4 is 4.90 Å². The Balaban J connectivity index is 2.26. The van der Waals surface area contributed by atoms with Crippen LogP contribution in [0.2, 0.25) is 0 Å². The Morgan fingerprint density at radius 3 is 2.45 bits per heavy atom. The van der Waals surface area contributed by atoms with Crippen molar-refractivity contribution < 1.29 is 9.72 Å². The Morgan fingerprint density at radius 2 is 1.90 bits per heavy atom. The summed E-state index contributed by atoms with van der Waals surface area (Å²) in [5.74, 6) is 0. The van der Waals surface area contributed by atoms with Crippen molar-refractivity contribution in [3.63, 3.8) is 0 Å². The lowest BCUT2D eigenvalue weighted by Gasteiger charge is -2.30. The van der Waals surface area contributed by atoms with Gasteiger partial charge >= 0.3 is 0 Å². The van der Waals surface area contributed by atoms with E-state index in [4.69, 9.17) is 0 Å². The van der Waals surface area contributed by atoms with Gasteiger partial charge in [0.05, 0.1) is 4.92 Å². The lowest BCUT2D eigenvalue weighted by Crippen LogP contribution is -2.31. The SMILES string of the molecule is CN(c1ccc([N+](=O)[O-])cc1C=O)C1CCCCCC1. The van der Waals surface area contributed by atoms with Crippen LogP contribution in [0.25, 0.3) is 0 Å². The summed E-state index contributed by atoms with van der Waals surface area (Å²) >= 11 is 0. The van der Waals surface area contributed by atoms with Gasteiger partial charge in [0.15, 0.2) is 6.29 Å². The summed E-state index contributed by atoms with van der Waals surface area (Å²) in [5.41, 5.74) is 1.15. The molecule has 1 aliphatic rings. The van der Waals surface area contributed by atoms with Crippen LogP contribution in [-0.2, 0) is 0 Å². The van der Waals surface area contributed by atoms with E-state index < -0.39 is 4.92 Å². The van der Waals surface area contributed by atoms with E-state index in [0.29, 0.717) is 17.9 Å². The number of carbonyl (C=O) groups excluding carboxylic acids is 1. The summed E-state index contributed by atoms with van der Waals surface area (Å²) in [6.45, 7) is 0. The van der Waals surface area contributed by atoms with E-state index in [1.165, 1.54) is 37.8 Å². The number of nitro benzene ring substituents is 1. The first-order valence-electron chi connectivity index (χ1n) is 7.10. The molecule has 0 atom stereocenters. The molecule has 1 aromatic carbocycles. The first-order valence-corrected chi connectivity index (χ1v) is 7.10. The smallest absolute Gasteiger partial charge is 0.270 e. The second-order valence-electron chi connectivity index (χ2n) is 5.37. The molecule has 0 aliphatic heterocycles. The van der Waals surface area contributed by atoms with E-state index >= 15 is 0 Å². The molecule has 0 unspecified atom stereocenters. The van der Waals surface area contributed by atoms with Crippen molar-refractivity contribution in [2.45, 2.75) is 44.6 Å². The van der Waals surface area contributed by atoms with Crippen LogP contribution in [0.3, 0.4) is 0 Å². The molecule has 0 aromatic heterocycles. The molecule has 0 N–H and O–H groups in total. The van der Waals surface area contributed by atoms with E-state index in [1.807, 2.05) is 7.05 Å². The van der Waals surface area contributed by atoms with Crippen molar-refractivity contribution in [2.75, 3.05) is 11.9 Å². The van der Waals surface area contributed by atoms with Crippen molar-refractivity contribution in [3.05, 3.63) is 33.9 Å². The van der Waals surface area contributed by atoms with E-state index in [2.05, 4.69) is 4.90 Å². The highest BCUT2D eigenvalue weighted by atomic mass is 16.6. The topological polar surface area (TPSA) is 63.4 Å². The molecule has 0 radical (unpaired) electrons. The minimum atomic E-state index is -0.470. The molecule has 0 heterocycles. The minimum Gasteiger partial charge on any atom is -0.371 e. The minimum absolute atomic E-state index is 0.0369. The number of nitrogens with zero attached hydrogens (tertiary/aromatic N) is 2. The predicted octanol–water partition coefficient (Wildman–Crippen LogP) is 3.57. The molecule has 1 fully saturated rings. The number of aldehydes is 1. The first kappa shape index (κ1) is 14.5. The maximum absolute atomic E-state index is 11.2. The van der Waals surface area contributed by atoms with Gasteiger partial charge in [-0.25, -0.2) is 0 Å². The number of hydrogen-bond donors (Lipinski definition) is 0. The molecule has 20 heavy (non-hydrogen) atoms. The number of benzene rings is 1. The highest BCUT2D eigenvalue weighted by Gasteiger charge is 2.20. The molecule has 5 heteroatoms. The van der Waals surface area contributed by atoms with Crippen molar-refractivity contribution in [1.29, 1.82) is 0 Å². The average Bonchev–Trinajstić information content (AvgIpc) is 2.74. The van der Waals surface area contributed by atoms with E-state index in [0.717, 1.165) is 18.5 Å². The van der Waals surface area contributed by atoms with Crippen LogP contribution in [0.4, 0.5) is 11.4 Å². The summed E-state index contributed by atoms with van der Waals surface area (Å²) in [6.07, 6.45) is 7.89. The molecule has 1 saturated carbocycles. The number of anilines is 1. The molecule has 5 nitrogen and oxygen atoms in total. The molecule has 1 aliphatic carbocycles. The Bertz CT molecular complexity index is 494. The number of non-ortho nitro benzene ring substituents is 1.